The molecule has 1 aliphatic rings. The number of allylic oxidation sites excluding steroid dienone is 5. The highest BCUT2D eigenvalue weighted by atomic mass is 14.4. The average Bonchev–Trinajstić information content (AvgIpc) is 2.43. The van der Waals surface area contributed by atoms with E-state index in [2.05, 4.69) is 77.6 Å². The molecule has 0 saturated heterocycles. The monoisotopic (exact) mass is 294 g/mol. The van der Waals surface area contributed by atoms with Gasteiger partial charge >= 0.3 is 0 Å². The van der Waals surface area contributed by atoms with E-state index in [1.165, 1.54) is 35.1 Å². The Morgan fingerprint density at radius 3 is 2.18 bits per heavy atom. The third-order valence-corrected chi connectivity index (χ3v) is 5.04. The molecule has 0 atom stereocenters. The van der Waals surface area contributed by atoms with E-state index in [1.54, 1.807) is 0 Å². The number of hydrogen-bond acceptors (Lipinski definition) is 0. The molecule has 0 saturated carbocycles. The molecule has 118 valence electrons. The standard InChI is InChI=1S/C22H30/c1-16(2)9-8-10-17(3)18-11-12-19-20(15-18)22(6,7)14-13-21(19,4)5/h8-12,15H,1,13-14H2,2-7H3/b9-8-,17-10+. The summed E-state index contributed by atoms with van der Waals surface area (Å²) in [4.78, 5) is 0. The molecule has 0 spiro atoms. The number of hydrogen-bond donors (Lipinski definition) is 0. The molecule has 0 unspecified atom stereocenters. The normalized spacial score (nSPS) is 20.0. The smallest absolute Gasteiger partial charge is 0.0100 e. The van der Waals surface area contributed by atoms with Crippen LogP contribution in [0.15, 0.2) is 48.6 Å². The molecule has 0 heterocycles. The molecule has 1 aromatic carbocycles. The lowest BCUT2D eigenvalue weighted by Crippen LogP contribution is -2.33. The molecule has 0 bridgehead atoms. The van der Waals surface area contributed by atoms with Gasteiger partial charge in [0.25, 0.3) is 0 Å². The van der Waals surface area contributed by atoms with E-state index in [0.717, 1.165) is 5.57 Å². The van der Waals surface area contributed by atoms with Gasteiger partial charge in [-0.05, 0) is 59.8 Å². The first-order valence-corrected chi connectivity index (χ1v) is 8.29. The maximum Gasteiger partial charge on any atom is -0.0100 e. The summed E-state index contributed by atoms with van der Waals surface area (Å²) < 4.78 is 0. The predicted molar refractivity (Wildman–Crippen MR) is 99.3 cm³/mol. The van der Waals surface area contributed by atoms with Crippen LogP contribution in [0.3, 0.4) is 0 Å². The first kappa shape index (κ1) is 16.8. The Hall–Kier alpha value is -1.56. The highest BCUT2D eigenvalue weighted by molar-refractivity contribution is 5.67. The van der Waals surface area contributed by atoms with Crippen LogP contribution in [0.1, 0.15) is 71.1 Å². The van der Waals surface area contributed by atoms with Crippen LogP contribution >= 0.6 is 0 Å². The van der Waals surface area contributed by atoms with E-state index in [1.807, 2.05) is 6.92 Å². The van der Waals surface area contributed by atoms with Gasteiger partial charge in [0.1, 0.15) is 0 Å². The molecule has 0 N–H and O–H groups in total. The maximum atomic E-state index is 3.90. The minimum atomic E-state index is 0.273. The van der Waals surface area contributed by atoms with Crippen LogP contribution in [0.2, 0.25) is 0 Å². The van der Waals surface area contributed by atoms with Crippen molar-refractivity contribution >= 4 is 5.57 Å². The van der Waals surface area contributed by atoms with Gasteiger partial charge in [-0.15, -0.1) is 0 Å². The topological polar surface area (TPSA) is 0 Å². The molecule has 2 rings (SSSR count). The zero-order valence-electron chi connectivity index (χ0n) is 15.1. The van der Waals surface area contributed by atoms with Gasteiger partial charge in [0, 0.05) is 0 Å². The van der Waals surface area contributed by atoms with Crippen molar-refractivity contribution in [3.05, 3.63) is 65.3 Å². The number of benzene rings is 1. The van der Waals surface area contributed by atoms with Crippen molar-refractivity contribution in [2.75, 3.05) is 0 Å². The van der Waals surface area contributed by atoms with Crippen LogP contribution < -0.4 is 0 Å². The van der Waals surface area contributed by atoms with Crippen molar-refractivity contribution < 1.29 is 0 Å². The van der Waals surface area contributed by atoms with Crippen LogP contribution in [0.4, 0.5) is 0 Å². The highest BCUT2D eigenvalue weighted by Crippen LogP contribution is 2.46. The molecule has 0 nitrogen and oxygen atoms in total. The Morgan fingerprint density at radius 1 is 1.00 bits per heavy atom. The molecule has 22 heavy (non-hydrogen) atoms. The van der Waals surface area contributed by atoms with E-state index < -0.39 is 0 Å². The lowest BCUT2D eigenvalue weighted by molar-refractivity contribution is 0.332. The van der Waals surface area contributed by atoms with Gasteiger partial charge in [0.15, 0.2) is 0 Å². The van der Waals surface area contributed by atoms with E-state index in [9.17, 15) is 0 Å². The molecule has 0 radical (unpaired) electrons. The highest BCUT2D eigenvalue weighted by Gasteiger charge is 2.36. The van der Waals surface area contributed by atoms with Gasteiger partial charge in [-0.3, -0.25) is 0 Å². The Morgan fingerprint density at radius 2 is 1.59 bits per heavy atom. The van der Waals surface area contributed by atoms with Gasteiger partial charge in [-0.25, -0.2) is 0 Å². The third-order valence-electron chi connectivity index (χ3n) is 5.04. The summed E-state index contributed by atoms with van der Waals surface area (Å²) in [5.41, 5.74) is 7.33. The van der Waals surface area contributed by atoms with Crippen molar-refractivity contribution in [2.45, 2.75) is 65.2 Å². The Kier molecular flexibility index (Phi) is 4.52. The third kappa shape index (κ3) is 3.43. The second kappa shape index (κ2) is 5.91. The summed E-state index contributed by atoms with van der Waals surface area (Å²) >= 11 is 0. The molecular formula is C22H30. The second-order valence-electron chi connectivity index (χ2n) is 8.08. The molecular weight excluding hydrogens is 264 g/mol. The van der Waals surface area contributed by atoms with Gasteiger partial charge < -0.3 is 0 Å². The molecule has 1 aliphatic carbocycles. The minimum absolute atomic E-state index is 0.273. The van der Waals surface area contributed by atoms with E-state index in [0.29, 0.717) is 5.41 Å². The predicted octanol–water partition coefficient (Wildman–Crippen LogP) is 6.57. The summed E-state index contributed by atoms with van der Waals surface area (Å²) in [6, 6.07) is 7.05. The van der Waals surface area contributed by atoms with Crippen molar-refractivity contribution in [1.82, 2.24) is 0 Å². The Balaban J connectivity index is 2.44. The van der Waals surface area contributed by atoms with Crippen molar-refractivity contribution in [3.8, 4) is 0 Å². The van der Waals surface area contributed by atoms with Crippen molar-refractivity contribution in [2.24, 2.45) is 0 Å². The number of fused-ring (bicyclic) bond motifs is 1. The fraction of sp³-hybridized carbons (Fsp3) is 0.455. The molecule has 0 amide bonds. The molecule has 0 heteroatoms. The SMILES string of the molecule is C=C(C)/C=C\C=C(/C)c1ccc2c(c1)C(C)(C)CCC2(C)C. The average molecular weight is 294 g/mol. The van der Waals surface area contributed by atoms with E-state index >= 15 is 0 Å². The van der Waals surface area contributed by atoms with Gasteiger partial charge in [-0.1, -0.05) is 76.3 Å². The first-order valence-electron chi connectivity index (χ1n) is 8.29. The Bertz CT molecular complexity index is 636. The van der Waals surface area contributed by atoms with Gasteiger partial charge in [0.05, 0.1) is 0 Å². The fourth-order valence-electron chi connectivity index (χ4n) is 3.29. The lowest BCUT2D eigenvalue weighted by Gasteiger charge is -2.42. The molecule has 0 fully saturated rings. The van der Waals surface area contributed by atoms with Crippen LogP contribution in [0.5, 0.6) is 0 Å². The van der Waals surface area contributed by atoms with E-state index in [-0.39, 0.29) is 5.41 Å². The number of rotatable bonds is 3. The minimum Gasteiger partial charge on any atom is -0.0961 e. The summed E-state index contributed by atoms with van der Waals surface area (Å²) in [6.07, 6.45) is 8.84. The molecule has 0 aromatic heterocycles. The summed E-state index contributed by atoms with van der Waals surface area (Å²) in [7, 11) is 0. The first-order chi connectivity index (χ1) is 10.1. The molecule has 0 aliphatic heterocycles. The largest absolute Gasteiger partial charge is 0.0961 e. The van der Waals surface area contributed by atoms with Crippen LogP contribution in [0.25, 0.3) is 5.57 Å². The lowest BCUT2D eigenvalue weighted by atomic mass is 9.63. The summed E-state index contributed by atoms with van der Waals surface area (Å²) in [6.45, 7) is 17.6. The Labute approximate surface area is 136 Å². The summed E-state index contributed by atoms with van der Waals surface area (Å²) in [5, 5.41) is 0. The molecule has 1 aromatic rings. The maximum absolute atomic E-state index is 3.90. The van der Waals surface area contributed by atoms with Crippen LogP contribution in [-0.4, -0.2) is 0 Å². The van der Waals surface area contributed by atoms with Crippen molar-refractivity contribution in [1.29, 1.82) is 0 Å². The van der Waals surface area contributed by atoms with Gasteiger partial charge in [0.2, 0.25) is 0 Å². The van der Waals surface area contributed by atoms with Gasteiger partial charge in [-0.2, -0.15) is 0 Å². The zero-order chi connectivity index (χ0) is 16.5. The van der Waals surface area contributed by atoms with Crippen LogP contribution in [0, 0.1) is 0 Å². The fourth-order valence-corrected chi connectivity index (χ4v) is 3.29. The van der Waals surface area contributed by atoms with Crippen molar-refractivity contribution in [3.63, 3.8) is 0 Å². The van der Waals surface area contributed by atoms with E-state index in [4.69, 9.17) is 0 Å². The second-order valence-corrected chi connectivity index (χ2v) is 8.08. The van der Waals surface area contributed by atoms with Crippen LogP contribution in [-0.2, 0) is 10.8 Å². The quantitative estimate of drug-likeness (QED) is 0.553. The zero-order valence-corrected chi connectivity index (χ0v) is 15.1. The summed E-state index contributed by atoms with van der Waals surface area (Å²) in [5.74, 6) is 0.